The summed E-state index contributed by atoms with van der Waals surface area (Å²) in [6.45, 7) is 3.21. The summed E-state index contributed by atoms with van der Waals surface area (Å²) in [6.07, 6.45) is -0.887. The van der Waals surface area contributed by atoms with Crippen molar-refractivity contribution in [2.24, 2.45) is 5.73 Å². The van der Waals surface area contributed by atoms with Crippen LogP contribution >= 0.6 is 0 Å². The van der Waals surface area contributed by atoms with Crippen molar-refractivity contribution in [3.05, 3.63) is 59.9 Å². The number of carbonyl (C=O) groups excluding carboxylic acids is 2. The molecule has 27 heavy (non-hydrogen) atoms. The van der Waals surface area contributed by atoms with Crippen molar-refractivity contribution >= 4 is 17.5 Å². The van der Waals surface area contributed by atoms with Gasteiger partial charge in [0, 0.05) is 6.54 Å². The predicted molar refractivity (Wildman–Crippen MR) is 99.8 cm³/mol. The van der Waals surface area contributed by atoms with Gasteiger partial charge in [-0.2, -0.15) is 0 Å². The molecule has 0 saturated carbocycles. The molecule has 0 radical (unpaired) electrons. The highest BCUT2D eigenvalue weighted by atomic mass is 19.1. The molecule has 7 heteroatoms. The molecule has 3 rings (SSSR count). The molecule has 0 bridgehead atoms. The summed E-state index contributed by atoms with van der Waals surface area (Å²) in [7, 11) is 0. The third-order valence-corrected chi connectivity index (χ3v) is 4.49. The normalized spacial score (nSPS) is 16.0. The molecule has 2 amide bonds. The maximum absolute atomic E-state index is 13.4. The molecule has 6 nitrogen and oxygen atoms in total. The molecular weight excluding hydrogens is 349 g/mol. The highest BCUT2D eigenvalue weighted by Gasteiger charge is 2.32. The van der Waals surface area contributed by atoms with Crippen LogP contribution in [0.25, 0.3) is 0 Å². The van der Waals surface area contributed by atoms with Gasteiger partial charge in [-0.15, -0.1) is 0 Å². The number of fused-ring (bicyclic) bond motifs is 1. The number of amides is 2. The van der Waals surface area contributed by atoms with Gasteiger partial charge in [-0.1, -0.05) is 31.2 Å². The average Bonchev–Trinajstić information content (AvgIpc) is 2.66. The lowest BCUT2D eigenvalue weighted by atomic mass is 10.1. The van der Waals surface area contributed by atoms with Gasteiger partial charge in [-0.25, -0.2) is 4.39 Å². The van der Waals surface area contributed by atoms with E-state index in [1.165, 1.54) is 17.0 Å². The highest BCUT2D eigenvalue weighted by molar-refractivity contribution is 5.98. The molecule has 142 valence electrons. The van der Waals surface area contributed by atoms with Crippen LogP contribution in [-0.4, -0.2) is 42.5 Å². The second-order valence-corrected chi connectivity index (χ2v) is 6.41. The first-order chi connectivity index (χ1) is 13.0. The number of nitrogens with zero attached hydrogens (tertiary/aromatic N) is 2. The lowest BCUT2D eigenvalue weighted by Crippen LogP contribution is -2.51. The number of likely N-dealkylation sites (N-methyl/N-ethyl adjacent to an activating group) is 1. The molecule has 0 fully saturated rings. The van der Waals surface area contributed by atoms with Gasteiger partial charge >= 0.3 is 0 Å². The number of carbonyl (C=O) groups is 2. The van der Waals surface area contributed by atoms with E-state index in [9.17, 15) is 14.0 Å². The summed E-state index contributed by atoms with van der Waals surface area (Å²) in [4.78, 5) is 28.0. The Morgan fingerprint density at radius 3 is 2.74 bits per heavy atom. The van der Waals surface area contributed by atoms with E-state index in [2.05, 4.69) is 0 Å². The molecule has 0 spiro atoms. The van der Waals surface area contributed by atoms with E-state index >= 15 is 0 Å². The summed E-state index contributed by atoms with van der Waals surface area (Å²) in [5.74, 6) is -0.639. The Bertz CT molecular complexity index is 843. The third kappa shape index (κ3) is 4.43. The van der Waals surface area contributed by atoms with Gasteiger partial charge in [0.1, 0.15) is 11.6 Å². The average molecular weight is 371 g/mol. The van der Waals surface area contributed by atoms with Crippen molar-refractivity contribution < 1.29 is 18.7 Å². The van der Waals surface area contributed by atoms with Crippen molar-refractivity contribution in [2.45, 2.75) is 19.6 Å². The minimum absolute atomic E-state index is 0.0721. The van der Waals surface area contributed by atoms with Crippen LogP contribution in [-0.2, 0) is 16.1 Å². The predicted octanol–water partition coefficient (Wildman–Crippen LogP) is 1.93. The molecule has 1 aliphatic rings. The van der Waals surface area contributed by atoms with Gasteiger partial charge in [0.05, 0.1) is 18.8 Å². The van der Waals surface area contributed by atoms with Gasteiger partial charge < -0.3 is 15.4 Å². The van der Waals surface area contributed by atoms with Crippen molar-refractivity contribution in [1.29, 1.82) is 0 Å². The molecule has 2 aromatic rings. The second kappa shape index (κ2) is 8.18. The topological polar surface area (TPSA) is 75.9 Å². The molecule has 1 aliphatic heterocycles. The summed E-state index contributed by atoms with van der Waals surface area (Å²) in [5.41, 5.74) is 6.79. The fourth-order valence-electron chi connectivity index (χ4n) is 3.07. The third-order valence-electron chi connectivity index (χ3n) is 4.49. The van der Waals surface area contributed by atoms with E-state index in [1.807, 2.05) is 17.9 Å². The fourth-order valence-corrected chi connectivity index (χ4v) is 3.07. The van der Waals surface area contributed by atoms with Crippen molar-refractivity contribution in [3.8, 4) is 5.75 Å². The first-order valence-electron chi connectivity index (χ1n) is 8.80. The van der Waals surface area contributed by atoms with Gasteiger partial charge in [-0.05, 0) is 36.4 Å². The quantitative estimate of drug-likeness (QED) is 0.842. The minimum Gasteiger partial charge on any atom is -0.477 e. The number of ether oxygens (including phenoxy) is 1. The van der Waals surface area contributed by atoms with E-state index in [0.717, 1.165) is 5.56 Å². The molecule has 0 aromatic heterocycles. The van der Waals surface area contributed by atoms with Gasteiger partial charge in [0.15, 0.2) is 6.10 Å². The molecule has 0 saturated heterocycles. The molecule has 1 atom stereocenters. The Morgan fingerprint density at radius 2 is 2.04 bits per heavy atom. The smallest absolute Gasteiger partial charge is 0.260 e. The minimum atomic E-state index is -0.887. The van der Waals surface area contributed by atoms with E-state index < -0.39 is 12.0 Å². The van der Waals surface area contributed by atoms with Crippen LogP contribution in [0.5, 0.6) is 5.75 Å². The molecule has 1 unspecified atom stereocenters. The number of rotatable bonds is 6. The zero-order chi connectivity index (χ0) is 19.4. The number of anilines is 1. The van der Waals surface area contributed by atoms with E-state index in [0.29, 0.717) is 24.5 Å². The van der Waals surface area contributed by atoms with E-state index in [-0.39, 0.29) is 24.8 Å². The maximum atomic E-state index is 13.4. The first kappa shape index (κ1) is 18.8. The van der Waals surface area contributed by atoms with Crippen LogP contribution in [0.1, 0.15) is 12.5 Å². The van der Waals surface area contributed by atoms with Gasteiger partial charge in [0.2, 0.25) is 5.91 Å². The number of para-hydroxylation sites is 2. The Hall–Kier alpha value is -2.93. The number of hydrogen-bond acceptors (Lipinski definition) is 4. The Balaban J connectivity index is 1.76. The summed E-state index contributed by atoms with van der Waals surface area (Å²) < 4.78 is 19.0. The number of primary amides is 1. The maximum Gasteiger partial charge on any atom is 0.260 e. The zero-order valence-electron chi connectivity index (χ0n) is 15.1. The van der Waals surface area contributed by atoms with Crippen molar-refractivity contribution in [2.75, 3.05) is 24.5 Å². The number of halogens is 1. The lowest BCUT2D eigenvalue weighted by molar-refractivity contribution is -0.125. The molecule has 2 aromatic carbocycles. The zero-order valence-corrected chi connectivity index (χ0v) is 15.1. The Labute approximate surface area is 157 Å². The monoisotopic (exact) mass is 371 g/mol. The summed E-state index contributed by atoms with van der Waals surface area (Å²) >= 11 is 0. The van der Waals surface area contributed by atoms with E-state index in [1.54, 1.807) is 30.3 Å². The van der Waals surface area contributed by atoms with Crippen molar-refractivity contribution in [3.63, 3.8) is 0 Å². The van der Waals surface area contributed by atoms with Gasteiger partial charge in [-0.3, -0.25) is 14.5 Å². The van der Waals surface area contributed by atoms with Crippen LogP contribution in [0.4, 0.5) is 10.1 Å². The van der Waals surface area contributed by atoms with Crippen LogP contribution < -0.4 is 15.4 Å². The summed E-state index contributed by atoms with van der Waals surface area (Å²) in [5, 5.41) is 0. The van der Waals surface area contributed by atoms with Crippen molar-refractivity contribution in [1.82, 2.24) is 4.90 Å². The fraction of sp³-hybridized carbons (Fsp3) is 0.300. The van der Waals surface area contributed by atoms with Crippen LogP contribution in [0.3, 0.4) is 0 Å². The first-order valence-corrected chi connectivity index (χ1v) is 8.80. The van der Waals surface area contributed by atoms with E-state index in [4.69, 9.17) is 10.5 Å². The van der Waals surface area contributed by atoms with Crippen LogP contribution in [0.15, 0.2) is 48.5 Å². The number of nitrogens with two attached hydrogens (primary N) is 1. The van der Waals surface area contributed by atoms with Crippen LogP contribution in [0, 0.1) is 5.82 Å². The highest BCUT2D eigenvalue weighted by Crippen LogP contribution is 2.33. The molecule has 1 heterocycles. The standard InChI is InChI=1S/C20H22FN3O3/c1-2-23(11-14-6-5-7-15(21)10-14)13-19(25)24-12-18(20(22)26)27-17-9-4-3-8-16(17)24/h3-10,18H,2,11-13H2,1H3,(H2,22,26). The Kier molecular flexibility index (Phi) is 5.71. The number of hydrogen-bond donors (Lipinski definition) is 1. The Morgan fingerprint density at radius 1 is 1.26 bits per heavy atom. The van der Waals surface area contributed by atoms with Gasteiger partial charge in [0.25, 0.3) is 5.91 Å². The summed E-state index contributed by atoms with van der Waals surface area (Å²) in [6, 6.07) is 13.4. The van der Waals surface area contributed by atoms with Crippen LogP contribution in [0.2, 0.25) is 0 Å². The SMILES string of the molecule is CCN(CC(=O)N1CC(C(N)=O)Oc2ccccc21)Cc1cccc(F)c1. The molecular formula is C20H22FN3O3. The largest absolute Gasteiger partial charge is 0.477 e. The second-order valence-electron chi connectivity index (χ2n) is 6.41. The number of benzene rings is 2. The lowest BCUT2D eigenvalue weighted by Gasteiger charge is -2.34. The molecule has 0 aliphatic carbocycles. The molecule has 2 N–H and O–H groups in total.